The van der Waals surface area contributed by atoms with E-state index in [1.165, 1.54) is 45.5 Å². The number of nitrogens with one attached hydrogen (secondary N) is 1. The fourth-order valence-electron chi connectivity index (χ4n) is 11.7. The first kappa shape index (κ1) is 50.2. The van der Waals surface area contributed by atoms with Crippen molar-refractivity contribution in [1.29, 1.82) is 0 Å². The molecule has 2 aliphatic rings. The van der Waals surface area contributed by atoms with Gasteiger partial charge in [-0.15, -0.1) is 23.5 Å². The Bertz CT molecular complexity index is 2540. The average Bonchev–Trinajstić information content (AvgIpc) is 3.70. The van der Waals surface area contributed by atoms with Crippen LogP contribution in [0.25, 0.3) is 0 Å². The molecule has 4 atom stereocenters. The highest BCUT2D eigenvalue weighted by Gasteiger charge is 2.49. The number of carbonyl (C=O) groups excluding carboxylic acids is 2. The maximum absolute atomic E-state index is 14.3. The van der Waals surface area contributed by atoms with Gasteiger partial charge in [-0.1, -0.05) is 201 Å². The first-order chi connectivity index (χ1) is 34.9. The summed E-state index contributed by atoms with van der Waals surface area (Å²) in [6, 6.07) is 72.0. The molecule has 5 nitrogen and oxygen atoms in total. The molecule has 0 aromatic heterocycles. The first-order valence-electron chi connectivity index (χ1n) is 25.5. The van der Waals surface area contributed by atoms with Gasteiger partial charge in [-0.25, -0.2) is 4.39 Å². The van der Waals surface area contributed by atoms with Gasteiger partial charge < -0.3 is 5.32 Å². The first-order valence-corrected chi connectivity index (χ1v) is 27.5. The number of ketones is 1. The maximum Gasteiger partial charge on any atom is 0.234 e. The van der Waals surface area contributed by atoms with E-state index in [1.54, 1.807) is 0 Å². The largest absolute Gasteiger partial charge is 0.354 e. The molecule has 0 aliphatic carbocycles. The van der Waals surface area contributed by atoms with E-state index in [4.69, 9.17) is 0 Å². The molecule has 2 aliphatic heterocycles. The summed E-state index contributed by atoms with van der Waals surface area (Å²) in [6.07, 6.45) is 4.35. The van der Waals surface area contributed by atoms with E-state index in [0.717, 1.165) is 56.6 Å². The lowest BCUT2D eigenvalue weighted by Crippen LogP contribution is -2.51. The minimum Gasteiger partial charge on any atom is -0.354 e. The molecule has 0 unspecified atom stereocenters. The van der Waals surface area contributed by atoms with Gasteiger partial charge in [-0.2, -0.15) is 0 Å². The van der Waals surface area contributed by atoms with Crippen molar-refractivity contribution in [3.05, 3.63) is 251 Å². The summed E-state index contributed by atoms with van der Waals surface area (Å²) in [5, 5.41) is 3.36. The summed E-state index contributed by atoms with van der Waals surface area (Å²) in [7, 11) is 0. The van der Waals surface area contributed by atoms with Gasteiger partial charge in [0.15, 0.2) is 0 Å². The van der Waals surface area contributed by atoms with Gasteiger partial charge in [0.2, 0.25) is 5.91 Å². The normalized spacial score (nSPS) is 18.1. The van der Waals surface area contributed by atoms with Crippen molar-refractivity contribution in [2.24, 2.45) is 5.92 Å². The topological polar surface area (TPSA) is 52.7 Å². The number of piperidine rings is 1. The van der Waals surface area contributed by atoms with E-state index in [0.29, 0.717) is 30.5 Å². The molecule has 7 aromatic rings. The van der Waals surface area contributed by atoms with Crippen LogP contribution >= 0.6 is 23.5 Å². The number of hydrogen-bond donors (Lipinski definition) is 1. The van der Waals surface area contributed by atoms with Gasteiger partial charge in [0.25, 0.3) is 0 Å². The van der Waals surface area contributed by atoms with Crippen LogP contribution in [-0.2, 0) is 19.1 Å². The number of thioether (sulfide) groups is 2. The SMILES string of the molecule is CCC(=O)[C@@H]1[C@H]2CC[C@@H](C[C@H]1c1ccc(F)cc1)N2CCCN(CCSC(c1ccccc1)(c1ccccc1)c1ccccc1)CC(=O)NCCSC(c1ccccc1)(c1ccccc1)c1ccccc1. The van der Waals surface area contributed by atoms with E-state index in [9.17, 15) is 14.0 Å². The van der Waals surface area contributed by atoms with E-state index in [-0.39, 0.29) is 36.1 Å². The second-order valence-electron chi connectivity index (χ2n) is 19.0. The number of fused-ring (bicyclic) bond motifs is 2. The van der Waals surface area contributed by atoms with Crippen molar-refractivity contribution in [2.45, 2.75) is 66.5 Å². The summed E-state index contributed by atoms with van der Waals surface area (Å²) in [5.41, 5.74) is 8.34. The molecule has 2 heterocycles. The monoisotopic (exact) mass is 979 g/mol. The zero-order valence-corrected chi connectivity index (χ0v) is 42.5. The minimum atomic E-state index is -0.466. The standard InChI is InChI=1S/C63H66FN3O2S2/c1-2-59(68)61-57(48-34-36-55(64)37-35-48)46-56-38-39-58(61)67(56)42-21-41-66(43-45-71-63(52-28-15-6-16-29-52,53-30-17-7-18-31-53)54-32-19-8-20-33-54)47-60(69)65-40-44-70-62(49-22-9-3-10-23-49,50-24-11-4-12-25-50)51-26-13-5-14-27-51/h3-20,22-37,56-58,61H,2,21,38-47H2,1H3,(H,65,69)/t56-,57-,58+,61-/m0/s1. The molecule has 364 valence electrons. The van der Waals surface area contributed by atoms with Gasteiger partial charge in [-0.05, 0) is 95.8 Å². The average molecular weight is 980 g/mol. The summed E-state index contributed by atoms with van der Waals surface area (Å²) >= 11 is 3.79. The van der Waals surface area contributed by atoms with Crippen LogP contribution in [0.1, 0.15) is 83.9 Å². The van der Waals surface area contributed by atoms with Crippen LogP contribution in [0.5, 0.6) is 0 Å². The molecule has 2 bridgehead atoms. The van der Waals surface area contributed by atoms with Gasteiger partial charge in [0.1, 0.15) is 11.6 Å². The van der Waals surface area contributed by atoms with Gasteiger partial charge >= 0.3 is 0 Å². The van der Waals surface area contributed by atoms with Crippen molar-refractivity contribution in [2.75, 3.05) is 44.2 Å². The molecule has 8 heteroatoms. The summed E-state index contributed by atoms with van der Waals surface area (Å²) in [4.78, 5) is 33.0. The Labute approximate surface area is 429 Å². The smallest absolute Gasteiger partial charge is 0.234 e. The van der Waals surface area contributed by atoms with Crippen LogP contribution in [0.4, 0.5) is 4.39 Å². The Morgan fingerprint density at radius 2 is 1.03 bits per heavy atom. The lowest BCUT2D eigenvalue weighted by Gasteiger charge is -2.44. The molecular weight excluding hydrogens is 914 g/mol. The highest BCUT2D eigenvalue weighted by molar-refractivity contribution is 8.00. The molecule has 2 saturated heterocycles. The van der Waals surface area contributed by atoms with Crippen LogP contribution in [0.3, 0.4) is 0 Å². The van der Waals surface area contributed by atoms with Gasteiger partial charge in [0, 0.05) is 49.0 Å². The second kappa shape index (κ2) is 24.1. The minimum absolute atomic E-state index is 0.0227. The Hall–Kier alpha value is -5.77. The molecule has 7 aromatic carbocycles. The van der Waals surface area contributed by atoms with E-state index in [2.05, 4.69) is 197 Å². The maximum atomic E-state index is 14.3. The number of benzene rings is 7. The molecule has 0 saturated carbocycles. The van der Waals surface area contributed by atoms with E-state index in [1.807, 2.05) is 42.6 Å². The van der Waals surface area contributed by atoms with Crippen molar-refractivity contribution >= 4 is 35.2 Å². The molecule has 0 radical (unpaired) electrons. The van der Waals surface area contributed by atoms with Crippen molar-refractivity contribution < 1.29 is 14.0 Å². The van der Waals surface area contributed by atoms with Gasteiger partial charge in [-0.3, -0.25) is 19.4 Å². The van der Waals surface area contributed by atoms with Crippen molar-refractivity contribution in [3.8, 4) is 0 Å². The highest BCUT2D eigenvalue weighted by atomic mass is 32.2. The molecule has 1 amide bonds. The van der Waals surface area contributed by atoms with Crippen LogP contribution < -0.4 is 5.32 Å². The third-order valence-electron chi connectivity index (χ3n) is 14.9. The number of nitrogens with zero attached hydrogens (tertiary/aromatic N) is 2. The quantitative estimate of drug-likeness (QED) is 0.0509. The Balaban J connectivity index is 0.933. The predicted octanol–water partition coefficient (Wildman–Crippen LogP) is 13.0. The zero-order chi connectivity index (χ0) is 48.9. The molecule has 0 spiro atoms. The fraction of sp³-hybridized carbons (Fsp3) is 0.302. The molecule has 2 fully saturated rings. The zero-order valence-electron chi connectivity index (χ0n) is 40.8. The third-order valence-corrected chi connectivity index (χ3v) is 18.0. The number of halogens is 1. The number of hydrogen-bond acceptors (Lipinski definition) is 6. The van der Waals surface area contributed by atoms with Crippen LogP contribution in [0.2, 0.25) is 0 Å². The molecule has 1 N–H and O–H groups in total. The van der Waals surface area contributed by atoms with Crippen molar-refractivity contribution in [1.82, 2.24) is 15.1 Å². The summed E-state index contributed by atoms with van der Waals surface area (Å²) < 4.78 is 13.1. The molecule has 71 heavy (non-hydrogen) atoms. The lowest BCUT2D eigenvalue weighted by atomic mass is 9.73. The number of carbonyl (C=O) groups is 2. The highest BCUT2D eigenvalue weighted by Crippen LogP contribution is 2.51. The third kappa shape index (κ3) is 11.3. The van der Waals surface area contributed by atoms with Crippen LogP contribution in [-0.4, -0.2) is 77.8 Å². The number of amides is 1. The second-order valence-corrected chi connectivity index (χ2v) is 21.6. The van der Waals surface area contributed by atoms with Crippen molar-refractivity contribution in [3.63, 3.8) is 0 Å². The van der Waals surface area contributed by atoms with E-state index >= 15 is 0 Å². The molecular formula is C63H66FN3O2S2. The van der Waals surface area contributed by atoms with Crippen LogP contribution in [0, 0.1) is 11.7 Å². The van der Waals surface area contributed by atoms with E-state index < -0.39 is 9.49 Å². The Morgan fingerprint density at radius 3 is 1.46 bits per heavy atom. The summed E-state index contributed by atoms with van der Waals surface area (Å²) in [5.74, 6) is 1.57. The Kier molecular flexibility index (Phi) is 17.0. The Morgan fingerprint density at radius 1 is 0.592 bits per heavy atom. The van der Waals surface area contributed by atoms with Crippen LogP contribution in [0.15, 0.2) is 206 Å². The lowest BCUT2D eigenvalue weighted by molar-refractivity contribution is -0.127. The summed E-state index contributed by atoms with van der Waals surface area (Å²) in [6.45, 7) is 5.13. The fourth-order valence-corrected chi connectivity index (χ4v) is 14.6. The molecule has 9 rings (SSSR count). The predicted molar refractivity (Wildman–Crippen MR) is 293 cm³/mol. The number of rotatable bonds is 23. The van der Waals surface area contributed by atoms with Gasteiger partial charge in [0.05, 0.1) is 16.0 Å². The number of Topliss-reactive ketones (excluding diaryl/α,β-unsaturated/α-hetero) is 1.